The predicted octanol–water partition coefficient (Wildman–Crippen LogP) is 5.14. The highest BCUT2D eigenvalue weighted by atomic mass is 19.4. The van der Waals surface area contributed by atoms with Gasteiger partial charge in [-0.1, -0.05) is 11.6 Å². The van der Waals surface area contributed by atoms with E-state index >= 15 is 0 Å². The van der Waals surface area contributed by atoms with Crippen LogP contribution in [0.15, 0.2) is 48.9 Å². The van der Waals surface area contributed by atoms with Crippen LogP contribution in [0, 0.1) is 13.5 Å². The number of methoxy groups -OCH3 is 2. The average molecular weight is 509 g/mol. The van der Waals surface area contributed by atoms with E-state index in [0.29, 0.717) is 16.9 Å². The Hall–Kier alpha value is -4.99. The van der Waals surface area contributed by atoms with Gasteiger partial charge in [-0.25, -0.2) is 24.3 Å². The van der Waals surface area contributed by atoms with Crippen LogP contribution in [0.3, 0.4) is 0 Å². The molecule has 4 aromatic rings. The molecule has 0 saturated carbocycles. The molecule has 0 atom stereocenters. The summed E-state index contributed by atoms with van der Waals surface area (Å²) in [4.78, 5) is 28.4. The zero-order chi connectivity index (χ0) is 26.7. The first-order valence-electron chi connectivity index (χ1n) is 10.5. The largest absolute Gasteiger partial charge is 0.480 e. The van der Waals surface area contributed by atoms with Crippen LogP contribution in [0.1, 0.15) is 21.6 Å². The van der Waals surface area contributed by atoms with Gasteiger partial charge in [-0.3, -0.25) is 0 Å². The summed E-state index contributed by atoms with van der Waals surface area (Å²) >= 11 is 0. The van der Waals surface area contributed by atoms with Crippen molar-refractivity contribution < 1.29 is 27.4 Å². The Morgan fingerprint density at radius 1 is 1.14 bits per heavy atom. The molecule has 0 bridgehead atoms. The Morgan fingerprint density at radius 2 is 1.92 bits per heavy atom. The lowest BCUT2D eigenvalue weighted by Crippen LogP contribution is -2.10. The number of carbonyl (C=O) groups is 1. The molecule has 4 rings (SSSR count). The lowest BCUT2D eigenvalue weighted by atomic mass is 10.1. The monoisotopic (exact) mass is 509 g/mol. The number of hydrogen-bond acceptors (Lipinski definition) is 8. The van der Waals surface area contributed by atoms with Crippen molar-refractivity contribution in [2.75, 3.05) is 19.5 Å². The van der Waals surface area contributed by atoms with Gasteiger partial charge < -0.3 is 14.8 Å². The maximum atomic E-state index is 13.3. The summed E-state index contributed by atoms with van der Waals surface area (Å²) in [6, 6.07) is 7.27. The number of anilines is 2. The fourth-order valence-corrected chi connectivity index (χ4v) is 3.45. The second kappa shape index (κ2) is 9.94. The number of benzene rings is 1. The smallest absolute Gasteiger partial charge is 0.435 e. The molecule has 188 valence electrons. The summed E-state index contributed by atoms with van der Waals surface area (Å²) in [6.07, 6.45) is -0.843. The molecule has 13 heteroatoms. The second-order valence-electron chi connectivity index (χ2n) is 7.64. The SMILES string of the molecule is [C-]#[N+]c1cc(C)cc(Nc2ncc(-c3cnc(OC)c(C(=O)OC)c3)c(-n3ccc(C(F)(F)F)n3)n2)c1. The van der Waals surface area contributed by atoms with Crippen molar-refractivity contribution in [2.24, 2.45) is 0 Å². The molecular formula is C24H18F3N7O3. The molecule has 0 aliphatic rings. The number of pyridine rings is 1. The second-order valence-corrected chi connectivity index (χ2v) is 7.64. The Kier molecular flexibility index (Phi) is 6.75. The van der Waals surface area contributed by atoms with Crippen LogP contribution >= 0.6 is 0 Å². The quantitative estimate of drug-likeness (QED) is 0.281. The summed E-state index contributed by atoms with van der Waals surface area (Å²) in [5, 5.41) is 6.60. The number of alkyl halides is 3. The van der Waals surface area contributed by atoms with Gasteiger partial charge in [0.2, 0.25) is 11.8 Å². The molecule has 0 saturated heterocycles. The Labute approximate surface area is 208 Å². The van der Waals surface area contributed by atoms with Gasteiger partial charge in [0.05, 0.1) is 20.8 Å². The van der Waals surface area contributed by atoms with Crippen LogP contribution in [-0.4, -0.2) is 44.9 Å². The predicted molar refractivity (Wildman–Crippen MR) is 126 cm³/mol. The number of nitrogens with zero attached hydrogens (tertiary/aromatic N) is 6. The van der Waals surface area contributed by atoms with Crippen molar-refractivity contribution in [3.8, 4) is 22.8 Å². The van der Waals surface area contributed by atoms with Crippen molar-refractivity contribution in [1.82, 2.24) is 24.7 Å². The number of aryl methyl sites for hydroxylation is 1. The molecule has 37 heavy (non-hydrogen) atoms. The third-order valence-corrected chi connectivity index (χ3v) is 5.07. The molecule has 0 fully saturated rings. The molecular weight excluding hydrogens is 491 g/mol. The van der Waals surface area contributed by atoms with E-state index in [-0.39, 0.29) is 28.8 Å². The fourth-order valence-electron chi connectivity index (χ4n) is 3.45. The van der Waals surface area contributed by atoms with Gasteiger partial charge in [0.25, 0.3) is 0 Å². The van der Waals surface area contributed by atoms with Crippen molar-refractivity contribution in [1.29, 1.82) is 0 Å². The van der Waals surface area contributed by atoms with Crippen molar-refractivity contribution in [2.45, 2.75) is 13.1 Å². The lowest BCUT2D eigenvalue weighted by molar-refractivity contribution is -0.141. The third-order valence-electron chi connectivity index (χ3n) is 5.07. The normalized spacial score (nSPS) is 11.1. The molecule has 0 unspecified atom stereocenters. The number of esters is 1. The number of ether oxygens (including phenoxy) is 2. The maximum Gasteiger partial charge on any atom is 0.435 e. The molecule has 0 aliphatic heterocycles. The molecule has 10 nitrogen and oxygen atoms in total. The number of aromatic nitrogens is 5. The average Bonchev–Trinajstić information content (AvgIpc) is 3.38. The zero-order valence-electron chi connectivity index (χ0n) is 19.7. The standard InChI is InChI=1S/C24H18F3N7O3/c1-13-7-15(28-2)10-16(8-13)31-23-30-12-18(14-9-17(22(35)37-4)21(36-3)29-11-14)20(32-23)34-6-5-19(33-34)24(25,26)27/h5-12H,1,3-4H3,(H,30,31,32). The molecule has 0 spiro atoms. The van der Waals surface area contributed by atoms with Crippen LogP contribution < -0.4 is 10.1 Å². The van der Waals surface area contributed by atoms with Crippen LogP contribution in [-0.2, 0) is 10.9 Å². The molecule has 0 radical (unpaired) electrons. The minimum absolute atomic E-state index is 0.00136. The minimum Gasteiger partial charge on any atom is -0.480 e. The van der Waals surface area contributed by atoms with E-state index in [4.69, 9.17) is 16.0 Å². The zero-order valence-corrected chi connectivity index (χ0v) is 19.7. The first kappa shape index (κ1) is 25.1. The maximum absolute atomic E-state index is 13.3. The number of nitrogens with one attached hydrogen (secondary N) is 1. The van der Waals surface area contributed by atoms with E-state index in [2.05, 4.69) is 30.2 Å². The number of rotatable bonds is 6. The molecule has 0 aliphatic carbocycles. The van der Waals surface area contributed by atoms with Gasteiger partial charge >= 0.3 is 12.1 Å². The fraction of sp³-hybridized carbons (Fsp3) is 0.167. The van der Waals surface area contributed by atoms with Crippen LogP contribution in [0.4, 0.5) is 30.5 Å². The first-order chi connectivity index (χ1) is 17.6. The number of carbonyl (C=O) groups excluding carboxylic acids is 1. The van der Waals surface area contributed by atoms with Crippen LogP contribution in [0.25, 0.3) is 21.8 Å². The van der Waals surface area contributed by atoms with E-state index in [0.717, 1.165) is 22.5 Å². The van der Waals surface area contributed by atoms with E-state index in [1.807, 2.05) is 6.92 Å². The van der Waals surface area contributed by atoms with Gasteiger partial charge in [0, 0.05) is 35.4 Å². The summed E-state index contributed by atoms with van der Waals surface area (Å²) in [7, 11) is 2.52. The van der Waals surface area contributed by atoms with Gasteiger partial charge in [-0.15, -0.1) is 0 Å². The molecule has 0 amide bonds. The van der Waals surface area contributed by atoms with Gasteiger partial charge in [0.1, 0.15) is 5.56 Å². The third kappa shape index (κ3) is 5.32. The highest BCUT2D eigenvalue weighted by Gasteiger charge is 2.34. The summed E-state index contributed by atoms with van der Waals surface area (Å²) < 4.78 is 50.6. The minimum atomic E-state index is -4.67. The summed E-state index contributed by atoms with van der Waals surface area (Å²) in [6.45, 7) is 9.06. The molecule has 3 aromatic heterocycles. The van der Waals surface area contributed by atoms with E-state index < -0.39 is 17.8 Å². The summed E-state index contributed by atoms with van der Waals surface area (Å²) in [5.41, 5.74) is 1.13. The highest BCUT2D eigenvalue weighted by Crippen LogP contribution is 2.32. The van der Waals surface area contributed by atoms with Crippen molar-refractivity contribution in [3.05, 3.63) is 77.2 Å². The highest BCUT2D eigenvalue weighted by molar-refractivity contribution is 5.93. The van der Waals surface area contributed by atoms with Gasteiger partial charge in [-0.05, 0) is 31.2 Å². The Balaban J connectivity index is 1.86. The molecule has 1 N–H and O–H groups in total. The Bertz CT molecular complexity index is 1530. The van der Waals surface area contributed by atoms with Crippen LogP contribution in [0.2, 0.25) is 0 Å². The summed E-state index contributed by atoms with van der Waals surface area (Å²) in [5.74, 6) is -0.696. The number of hydrogen-bond donors (Lipinski definition) is 1. The van der Waals surface area contributed by atoms with E-state index in [1.54, 1.807) is 18.2 Å². The van der Waals surface area contributed by atoms with Crippen molar-refractivity contribution >= 4 is 23.3 Å². The molecule has 1 aromatic carbocycles. The topological polar surface area (TPSA) is 108 Å². The van der Waals surface area contributed by atoms with Crippen LogP contribution in [0.5, 0.6) is 5.88 Å². The van der Waals surface area contributed by atoms with Gasteiger partial charge in [-0.2, -0.15) is 23.3 Å². The van der Waals surface area contributed by atoms with Gasteiger partial charge in [0.15, 0.2) is 17.2 Å². The Morgan fingerprint density at radius 3 is 2.57 bits per heavy atom. The number of halogens is 3. The lowest BCUT2D eigenvalue weighted by Gasteiger charge is -2.13. The first-order valence-corrected chi connectivity index (χ1v) is 10.5. The molecule has 3 heterocycles. The van der Waals surface area contributed by atoms with E-state index in [9.17, 15) is 18.0 Å². The van der Waals surface area contributed by atoms with Crippen molar-refractivity contribution in [3.63, 3.8) is 0 Å². The van der Waals surface area contributed by atoms with E-state index in [1.165, 1.54) is 32.7 Å².